The van der Waals surface area contributed by atoms with Crippen LogP contribution in [0.15, 0.2) is 54.6 Å². The first kappa shape index (κ1) is 22.5. The maximum Gasteiger partial charge on any atom is 0.254 e. The molecular weight excluding hydrogens is 420 g/mol. The van der Waals surface area contributed by atoms with Crippen LogP contribution in [0, 0.1) is 5.92 Å². The molecule has 33 heavy (non-hydrogen) atoms. The summed E-state index contributed by atoms with van der Waals surface area (Å²) in [7, 11) is 4.74. The minimum atomic E-state index is -0.291. The van der Waals surface area contributed by atoms with Crippen LogP contribution in [0.4, 0.5) is 5.69 Å². The largest absolute Gasteiger partial charge is 0.496 e. The molecule has 0 aliphatic carbocycles. The molecule has 0 bridgehead atoms. The Bertz CT molecular complexity index is 1180. The van der Waals surface area contributed by atoms with E-state index in [-0.39, 0.29) is 17.7 Å². The summed E-state index contributed by atoms with van der Waals surface area (Å²) < 4.78 is 16.0. The average Bonchev–Trinajstić information content (AvgIpc) is 2.87. The number of anilines is 1. The van der Waals surface area contributed by atoms with Crippen LogP contribution in [-0.2, 0) is 4.79 Å². The number of rotatable bonds is 6. The van der Waals surface area contributed by atoms with Crippen molar-refractivity contribution < 1.29 is 23.8 Å². The van der Waals surface area contributed by atoms with Gasteiger partial charge in [-0.3, -0.25) is 9.59 Å². The summed E-state index contributed by atoms with van der Waals surface area (Å²) >= 11 is 0. The van der Waals surface area contributed by atoms with Crippen LogP contribution in [-0.4, -0.2) is 51.1 Å². The lowest BCUT2D eigenvalue weighted by Crippen LogP contribution is -2.43. The summed E-state index contributed by atoms with van der Waals surface area (Å²) in [6, 6.07) is 16.6. The molecule has 1 heterocycles. The van der Waals surface area contributed by atoms with Gasteiger partial charge in [-0.2, -0.15) is 0 Å². The summed E-state index contributed by atoms with van der Waals surface area (Å²) in [5, 5.41) is 4.69. The predicted molar refractivity (Wildman–Crippen MR) is 127 cm³/mol. The first-order valence-electron chi connectivity index (χ1n) is 10.9. The number of nitrogens with one attached hydrogen (secondary N) is 1. The highest BCUT2D eigenvalue weighted by atomic mass is 16.5. The zero-order valence-corrected chi connectivity index (χ0v) is 19.1. The molecule has 4 rings (SSSR count). The van der Waals surface area contributed by atoms with Crippen LogP contribution in [0.2, 0.25) is 0 Å². The van der Waals surface area contributed by atoms with Crippen molar-refractivity contribution in [2.24, 2.45) is 5.92 Å². The molecule has 3 aromatic carbocycles. The first-order chi connectivity index (χ1) is 16.0. The van der Waals surface area contributed by atoms with E-state index in [1.807, 2.05) is 30.3 Å². The Kier molecular flexibility index (Phi) is 6.68. The SMILES string of the molecule is COc1ccc(NC(=O)C2CCCN(C(=O)c3ccc(OC)c4ccccc34)C2)cc1OC. The van der Waals surface area contributed by atoms with Gasteiger partial charge in [-0.15, -0.1) is 0 Å². The van der Waals surface area contributed by atoms with Crippen molar-refractivity contribution >= 4 is 28.3 Å². The van der Waals surface area contributed by atoms with Crippen molar-refractivity contribution in [3.63, 3.8) is 0 Å². The fraction of sp³-hybridized carbons (Fsp3) is 0.308. The van der Waals surface area contributed by atoms with Crippen molar-refractivity contribution in [3.8, 4) is 17.2 Å². The van der Waals surface area contributed by atoms with Crippen molar-refractivity contribution in [2.75, 3.05) is 39.7 Å². The quantitative estimate of drug-likeness (QED) is 0.607. The maximum absolute atomic E-state index is 13.4. The number of ether oxygens (including phenoxy) is 3. The zero-order chi connectivity index (χ0) is 23.4. The molecule has 1 atom stereocenters. The van der Waals surface area contributed by atoms with E-state index >= 15 is 0 Å². The minimum absolute atomic E-state index is 0.0718. The minimum Gasteiger partial charge on any atom is -0.496 e. The number of piperidine rings is 1. The molecular formula is C26H28N2O5. The Hall–Kier alpha value is -3.74. The summed E-state index contributed by atoms with van der Waals surface area (Å²) in [6.07, 6.45) is 1.50. The van der Waals surface area contributed by atoms with Crippen molar-refractivity contribution in [2.45, 2.75) is 12.8 Å². The van der Waals surface area contributed by atoms with Gasteiger partial charge in [0.05, 0.1) is 27.2 Å². The molecule has 1 aliphatic rings. The standard InChI is InChI=1S/C26H28N2O5/c1-31-22-13-11-21(19-8-4-5-9-20(19)22)26(30)28-14-6-7-17(16-28)25(29)27-18-10-12-23(32-2)24(15-18)33-3/h4-5,8-13,15,17H,6-7,14,16H2,1-3H3,(H,27,29). The Labute approximate surface area is 193 Å². The molecule has 172 valence electrons. The van der Waals surface area contributed by atoms with Gasteiger partial charge < -0.3 is 24.4 Å². The number of amides is 2. The van der Waals surface area contributed by atoms with Crippen molar-refractivity contribution in [1.82, 2.24) is 4.90 Å². The second-order valence-electron chi connectivity index (χ2n) is 8.01. The molecule has 0 aromatic heterocycles. The van der Waals surface area contributed by atoms with Gasteiger partial charge in [0.1, 0.15) is 5.75 Å². The summed E-state index contributed by atoms with van der Waals surface area (Å²) in [6.45, 7) is 0.998. The van der Waals surface area contributed by atoms with Crippen LogP contribution >= 0.6 is 0 Å². The highest BCUT2D eigenvalue weighted by molar-refractivity contribution is 6.08. The second-order valence-corrected chi connectivity index (χ2v) is 8.01. The number of methoxy groups -OCH3 is 3. The third kappa shape index (κ3) is 4.58. The lowest BCUT2D eigenvalue weighted by Gasteiger charge is -2.32. The van der Waals surface area contributed by atoms with Gasteiger partial charge in [0.2, 0.25) is 5.91 Å². The molecule has 1 saturated heterocycles. The Morgan fingerprint density at radius 1 is 0.879 bits per heavy atom. The number of likely N-dealkylation sites (tertiary alicyclic amines) is 1. The van der Waals surface area contributed by atoms with E-state index in [0.717, 1.165) is 29.4 Å². The molecule has 7 heteroatoms. The summed E-state index contributed by atoms with van der Waals surface area (Å²) in [4.78, 5) is 28.2. The average molecular weight is 449 g/mol. The number of fused-ring (bicyclic) bond motifs is 1. The zero-order valence-electron chi connectivity index (χ0n) is 19.1. The third-order valence-corrected chi connectivity index (χ3v) is 6.06. The van der Waals surface area contributed by atoms with Crippen LogP contribution in [0.5, 0.6) is 17.2 Å². The topological polar surface area (TPSA) is 77.1 Å². The molecule has 0 spiro atoms. The number of hydrogen-bond donors (Lipinski definition) is 1. The van der Waals surface area contributed by atoms with E-state index in [4.69, 9.17) is 14.2 Å². The van der Waals surface area contributed by atoms with Crippen LogP contribution in [0.1, 0.15) is 23.2 Å². The molecule has 2 amide bonds. The number of carbonyl (C=O) groups is 2. The molecule has 1 aliphatic heterocycles. The smallest absolute Gasteiger partial charge is 0.254 e. The molecule has 1 fully saturated rings. The molecule has 7 nitrogen and oxygen atoms in total. The van der Waals surface area contributed by atoms with E-state index in [2.05, 4.69) is 5.32 Å². The predicted octanol–water partition coefficient (Wildman–Crippen LogP) is 4.36. The van der Waals surface area contributed by atoms with Gasteiger partial charge in [0.25, 0.3) is 5.91 Å². The van der Waals surface area contributed by atoms with E-state index in [1.54, 1.807) is 50.5 Å². The lowest BCUT2D eigenvalue weighted by molar-refractivity contribution is -0.121. The van der Waals surface area contributed by atoms with E-state index in [1.165, 1.54) is 0 Å². The third-order valence-electron chi connectivity index (χ3n) is 6.06. The highest BCUT2D eigenvalue weighted by Gasteiger charge is 2.30. The van der Waals surface area contributed by atoms with Crippen LogP contribution < -0.4 is 19.5 Å². The Balaban J connectivity index is 1.50. The molecule has 3 aromatic rings. The number of hydrogen-bond acceptors (Lipinski definition) is 5. The van der Waals surface area contributed by atoms with E-state index in [9.17, 15) is 9.59 Å². The van der Waals surface area contributed by atoms with Gasteiger partial charge in [-0.05, 0) is 42.5 Å². The monoisotopic (exact) mass is 448 g/mol. The molecule has 0 radical (unpaired) electrons. The highest BCUT2D eigenvalue weighted by Crippen LogP contribution is 2.32. The molecule has 1 N–H and O–H groups in total. The van der Waals surface area contributed by atoms with Gasteiger partial charge in [-0.1, -0.05) is 24.3 Å². The lowest BCUT2D eigenvalue weighted by atomic mass is 9.95. The Morgan fingerprint density at radius 2 is 1.58 bits per heavy atom. The summed E-state index contributed by atoms with van der Waals surface area (Å²) in [5.74, 6) is 1.39. The number of benzene rings is 3. The van der Waals surface area contributed by atoms with Crippen LogP contribution in [0.25, 0.3) is 10.8 Å². The second kappa shape index (κ2) is 9.81. The van der Waals surface area contributed by atoms with Crippen LogP contribution in [0.3, 0.4) is 0 Å². The fourth-order valence-corrected chi connectivity index (χ4v) is 4.34. The van der Waals surface area contributed by atoms with Gasteiger partial charge in [0, 0.05) is 35.8 Å². The number of carbonyl (C=O) groups excluding carboxylic acids is 2. The number of nitrogens with zero attached hydrogens (tertiary/aromatic N) is 1. The van der Waals surface area contributed by atoms with Gasteiger partial charge >= 0.3 is 0 Å². The van der Waals surface area contributed by atoms with E-state index in [0.29, 0.717) is 35.8 Å². The van der Waals surface area contributed by atoms with E-state index < -0.39 is 0 Å². The maximum atomic E-state index is 13.4. The normalized spacial score (nSPS) is 15.7. The molecule has 0 saturated carbocycles. The Morgan fingerprint density at radius 3 is 2.30 bits per heavy atom. The van der Waals surface area contributed by atoms with Gasteiger partial charge in [0.15, 0.2) is 11.5 Å². The first-order valence-corrected chi connectivity index (χ1v) is 10.9. The van der Waals surface area contributed by atoms with Gasteiger partial charge in [-0.25, -0.2) is 0 Å². The van der Waals surface area contributed by atoms with Crippen molar-refractivity contribution in [3.05, 3.63) is 60.2 Å². The van der Waals surface area contributed by atoms with Crippen molar-refractivity contribution in [1.29, 1.82) is 0 Å². The summed E-state index contributed by atoms with van der Waals surface area (Å²) in [5.41, 5.74) is 1.24. The molecule has 1 unspecified atom stereocenters. The fourth-order valence-electron chi connectivity index (χ4n) is 4.34.